The maximum Gasteiger partial charge on any atom is 0.573 e. The summed E-state index contributed by atoms with van der Waals surface area (Å²) in [5.74, 6) is -0.124. The first-order valence-electron chi connectivity index (χ1n) is 5.26. The Bertz CT molecular complexity index is 672. The van der Waals surface area contributed by atoms with Gasteiger partial charge in [-0.2, -0.15) is 4.98 Å². The second kappa shape index (κ2) is 5.45. The molecular weight excluding hydrogens is 295 g/mol. The molecule has 0 unspecified atom stereocenters. The van der Waals surface area contributed by atoms with Crippen LogP contribution in [0.25, 0.3) is 11.4 Å². The first-order chi connectivity index (χ1) is 9.37. The number of hydrogen-bond donors (Lipinski definition) is 1. The van der Waals surface area contributed by atoms with Gasteiger partial charge >= 0.3 is 6.36 Å². The molecule has 0 aliphatic heterocycles. The number of hydrogen-bond acceptors (Lipinski definition) is 5. The molecule has 106 valence electrons. The van der Waals surface area contributed by atoms with Crippen LogP contribution < -0.4 is 9.47 Å². The van der Waals surface area contributed by atoms with Crippen molar-refractivity contribution in [3.63, 3.8) is 0 Å². The number of halogens is 3. The second-order valence-electron chi connectivity index (χ2n) is 3.56. The quantitative estimate of drug-likeness (QED) is 0.883. The number of aromatic amines is 1. The molecule has 0 spiro atoms. The Labute approximate surface area is 116 Å². The Balaban J connectivity index is 2.40. The number of H-pyrrole nitrogens is 1. The molecule has 0 bridgehead atoms. The highest BCUT2D eigenvalue weighted by atomic mass is 32.1. The summed E-state index contributed by atoms with van der Waals surface area (Å²) in [6.45, 7) is 0. The Morgan fingerprint density at radius 3 is 2.65 bits per heavy atom. The maximum atomic E-state index is 12.2. The van der Waals surface area contributed by atoms with Crippen LogP contribution in [0, 0.1) is 4.77 Å². The summed E-state index contributed by atoms with van der Waals surface area (Å²) in [7, 11) is 1.38. The second-order valence-corrected chi connectivity index (χ2v) is 3.93. The highest BCUT2D eigenvalue weighted by Crippen LogP contribution is 2.26. The summed E-state index contributed by atoms with van der Waals surface area (Å²) in [5, 5.41) is 0. The number of ether oxygens (including phenoxy) is 2. The van der Waals surface area contributed by atoms with E-state index in [1.165, 1.54) is 25.3 Å². The molecule has 1 N–H and O–H groups in total. The fraction of sp³-hybridized carbons (Fsp3) is 0.182. The van der Waals surface area contributed by atoms with Gasteiger partial charge in [-0.15, -0.1) is 13.2 Å². The molecule has 1 aromatic heterocycles. The van der Waals surface area contributed by atoms with Crippen LogP contribution in [0.15, 0.2) is 24.3 Å². The molecule has 0 aliphatic rings. The summed E-state index contributed by atoms with van der Waals surface area (Å²) in [6, 6.07) is 5.44. The van der Waals surface area contributed by atoms with Crippen molar-refractivity contribution in [2.75, 3.05) is 7.11 Å². The van der Waals surface area contributed by atoms with Crippen LogP contribution in [-0.4, -0.2) is 28.4 Å². The van der Waals surface area contributed by atoms with E-state index >= 15 is 0 Å². The molecule has 0 fully saturated rings. The van der Waals surface area contributed by atoms with Crippen molar-refractivity contribution in [1.29, 1.82) is 0 Å². The van der Waals surface area contributed by atoms with Crippen LogP contribution in [0.1, 0.15) is 0 Å². The molecule has 5 nitrogen and oxygen atoms in total. The van der Waals surface area contributed by atoms with Crippen LogP contribution >= 0.6 is 12.2 Å². The van der Waals surface area contributed by atoms with Gasteiger partial charge in [-0.25, -0.2) is 4.98 Å². The SMILES string of the molecule is COc1nc(=S)nc(-c2cccc(OC(F)(F)F)c2)[nH]1. The van der Waals surface area contributed by atoms with Crippen molar-refractivity contribution in [3.8, 4) is 23.1 Å². The summed E-state index contributed by atoms with van der Waals surface area (Å²) in [4.78, 5) is 10.4. The topological polar surface area (TPSA) is 60.0 Å². The average Bonchev–Trinajstić information content (AvgIpc) is 2.36. The Morgan fingerprint density at radius 1 is 1.25 bits per heavy atom. The van der Waals surface area contributed by atoms with E-state index in [2.05, 4.69) is 19.7 Å². The molecule has 9 heteroatoms. The van der Waals surface area contributed by atoms with E-state index in [1.807, 2.05) is 0 Å². The number of alkyl halides is 3. The predicted octanol–water partition coefficient (Wildman–Crippen LogP) is 3.11. The largest absolute Gasteiger partial charge is 0.573 e. The van der Waals surface area contributed by atoms with Gasteiger partial charge in [-0.1, -0.05) is 12.1 Å². The summed E-state index contributed by atoms with van der Waals surface area (Å²) in [6.07, 6.45) is -4.76. The molecule has 1 heterocycles. The molecule has 0 aliphatic carbocycles. The van der Waals surface area contributed by atoms with Crippen LogP contribution in [0.2, 0.25) is 0 Å². The van der Waals surface area contributed by atoms with E-state index in [9.17, 15) is 13.2 Å². The zero-order valence-electron chi connectivity index (χ0n) is 10.1. The van der Waals surface area contributed by atoms with Gasteiger partial charge < -0.3 is 9.47 Å². The fourth-order valence-electron chi connectivity index (χ4n) is 1.44. The maximum absolute atomic E-state index is 12.2. The minimum Gasteiger partial charge on any atom is -0.468 e. The zero-order chi connectivity index (χ0) is 14.8. The van der Waals surface area contributed by atoms with Crippen molar-refractivity contribution in [2.45, 2.75) is 6.36 Å². The number of aromatic nitrogens is 3. The van der Waals surface area contributed by atoms with Gasteiger partial charge in [-0.05, 0) is 24.4 Å². The van der Waals surface area contributed by atoms with E-state index in [0.717, 1.165) is 0 Å². The standard InChI is InChI=1S/C11H8F3N3O2S/c1-18-9-15-8(16-10(20)17-9)6-3-2-4-7(5-6)19-11(12,13)14/h2-5H,1H3,(H,15,16,17,20). The van der Waals surface area contributed by atoms with Gasteiger partial charge in [-0.3, -0.25) is 4.98 Å². The van der Waals surface area contributed by atoms with Gasteiger partial charge in [0.05, 0.1) is 7.11 Å². The molecule has 0 amide bonds. The predicted molar refractivity (Wildman–Crippen MR) is 65.9 cm³/mol. The van der Waals surface area contributed by atoms with E-state index in [4.69, 9.17) is 17.0 Å². The average molecular weight is 303 g/mol. The van der Waals surface area contributed by atoms with Gasteiger partial charge in [0.25, 0.3) is 6.01 Å². The number of rotatable bonds is 3. The highest BCUT2D eigenvalue weighted by molar-refractivity contribution is 7.71. The van der Waals surface area contributed by atoms with E-state index in [0.29, 0.717) is 5.56 Å². The molecule has 0 radical (unpaired) electrons. The smallest absolute Gasteiger partial charge is 0.468 e. The van der Waals surface area contributed by atoms with Crippen LogP contribution in [0.5, 0.6) is 11.8 Å². The van der Waals surface area contributed by atoms with Crippen LogP contribution in [0.3, 0.4) is 0 Å². The van der Waals surface area contributed by atoms with E-state index in [-0.39, 0.29) is 22.4 Å². The van der Waals surface area contributed by atoms with E-state index < -0.39 is 6.36 Å². The molecular formula is C11H8F3N3O2S. The molecule has 0 saturated heterocycles. The minimum absolute atomic E-state index is 0.0118. The minimum atomic E-state index is -4.76. The van der Waals surface area contributed by atoms with Gasteiger partial charge in [0.2, 0.25) is 4.77 Å². The van der Waals surface area contributed by atoms with Crippen molar-refractivity contribution >= 4 is 12.2 Å². The summed E-state index contributed by atoms with van der Waals surface area (Å²) < 4.78 is 45.2. The van der Waals surface area contributed by atoms with Crippen LogP contribution in [0.4, 0.5) is 13.2 Å². The van der Waals surface area contributed by atoms with Crippen molar-refractivity contribution in [1.82, 2.24) is 15.0 Å². The monoisotopic (exact) mass is 303 g/mol. The fourth-order valence-corrected chi connectivity index (χ4v) is 1.61. The first-order valence-corrected chi connectivity index (χ1v) is 5.67. The van der Waals surface area contributed by atoms with Gasteiger partial charge in [0.1, 0.15) is 11.6 Å². The van der Waals surface area contributed by atoms with E-state index in [1.54, 1.807) is 6.07 Å². The molecule has 2 rings (SSSR count). The molecule has 20 heavy (non-hydrogen) atoms. The lowest BCUT2D eigenvalue weighted by Crippen LogP contribution is -2.17. The normalized spacial score (nSPS) is 11.2. The van der Waals surface area contributed by atoms with Crippen molar-refractivity contribution < 1.29 is 22.6 Å². The Hall–Kier alpha value is -2.16. The third kappa shape index (κ3) is 3.67. The summed E-state index contributed by atoms with van der Waals surface area (Å²) >= 11 is 4.84. The van der Waals surface area contributed by atoms with Gasteiger partial charge in [0, 0.05) is 5.56 Å². The lowest BCUT2D eigenvalue weighted by molar-refractivity contribution is -0.274. The Kier molecular flexibility index (Phi) is 3.89. The highest BCUT2D eigenvalue weighted by Gasteiger charge is 2.31. The van der Waals surface area contributed by atoms with Crippen LogP contribution in [-0.2, 0) is 0 Å². The lowest BCUT2D eigenvalue weighted by atomic mass is 10.2. The van der Waals surface area contributed by atoms with Gasteiger partial charge in [0.15, 0.2) is 0 Å². The molecule has 0 atom stereocenters. The third-order valence-electron chi connectivity index (χ3n) is 2.16. The Morgan fingerprint density at radius 2 is 2.00 bits per heavy atom. The zero-order valence-corrected chi connectivity index (χ0v) is 10.9. The summed E-state index contributed by atoms with van der Waals surface area (Å²) in [5.41, 5.74) is 0.360. The molecule has 1 aromatic carbocycles. The third-order valence-corrected chi connectivity index (χ3v) is 2.35. The molecule has 2 aromatic rings. The van der Waals surface area contributed by atoms with Crippen molar-refractivity contribution in [3.05, 3.63) is 29.0 Å². The number of benzene rings is 1. The number of methoxy groups -OCH3 is 1. The number of nitrogens with one attached hydrogen (secondary N) is 1. The van der Waals surface area contributed by atoms with Crippen molar-refractivity contribution in [2.24, 2.45) is 0 Å². The first kappa shape index (κ1) is 14.3. The number of nitrogens with zero attached hydrogens (tertiary/aromatic N) is 2. The lowest BCUT2D eigenvalue weighted by Gasteiger charge is -2.10. The molecule has 0 saturated carbocycles.